The van der Waals surface area contributed by atoms with Crippen LogP contribution in [-0.2, 0) is 9.53 Å². The van der Waals surface area contributed by atoms with Crippen LogP contribution in [-0.4, -0.2) is 24.4 Å². The molecule has 6 nitrogen and oxygen atoms in total. The number of halogens is 3. The number of hydrogen-bond donors (Lipinski definition) is 2. The van der Waals surface area contributed by atoms with Crippen LogP contribution in [0, 0.1) is 0 Å². The van der Waals surface area contributed by atoms with E-state index in [1.54, 1.807) is 12.1 Å². The molecule has 25 heavy (non-hydrogen) atoms. The lowest BCUT2D eigenvalue weighted by Crippen LogP contribution is -2.43. The zero-order valence-electron chi connectivity index (χ0n) is 12.5. The second-order valence-corrected chi connectivity index (χ2v) is 5.93. The van der Waals surface area contributed by atoms with Crippen LogP contribution in [0.2, 0.25) is 15.1 Å². The van der Waals surface area contributed by atoms with Gasteiger partial charge in [-0.2, -0.15) is 0 Å². The minimum atomic E-state index is -0.797. The first-order valence-corrected chi connectivity index (χ1v) is 7.97. The van der Waals surface area contributed by atoms with Crippen molar-refractivity contribution in [3.8, 4) is 0 Å². The van der Waals surface area contributed by atoms with Crippen molar-refractivity contribution in [3.63, 3.8) is 0 Å². The summed E-state index contributed by atoms with van der Waals surface area (Å²) in [4.78, 5) is 35.4. The van der Waals surface area contributed by atoms with Gasteiger partial charge in [0.25, 0.3) is 11.8 Å². The van der Waals surface area contributed by atoms with Crippen molar-refractivity contribution in [2.24, 2.45) is 0 Å². The maximum absolute atomic E-state index is 11.9. The maximum atomic E-state index is 11.9. The Labute approximate surface area is 158 Å². The summed E-state index contributed by atoms with van der Waals surface area (Å²) in [5.41, 5.74) is 4.53. The number of esters is 1. The van der Waals surface area contributed by atoms with Crippen molar-refractivity contribution in [2.45, 2.75) is 0 Å². The summed E-state index contributed by atoms with van der Waals surface area (Å²) in [5.74, 6) is -2.14. The van der Waals surface area contributed by atoms with Crippen LogP contribution in [0.25, 0.3) is 0 Å². The van der Waals surface area contributed by atoms with E-state index in [4.69, 9.17) is 39.5 Å². The van der Waals surface area contributed by atoms with Gasteiger partial charge >= 0.3 is 5.97 Å². The summed E-state index contributed by atoms with van der Waals surface area (Å²) in [6.45, 7) is -0.611. The largest absolute Gasteiger partial charge is 0.452 e. The SMILES string of the molecule is O=C(COC(=O)c1ccc(Cl)cc1Cl)NNC(=O)c1ccccc1Cl. The molecule has 9 heteroatoms. The number of ether oxygens (including phenoxy) is 1. The molecule has 0 heterocycles. The highest BCUT2D eigenvalue weighted by Crippen LogP contribution is 2.21. The fourth-order valence-corrected chi connectivity index (χ4v) is 2.45. The van der Waals surface area contributed by atoms with Crippen molar-refractivity contribution in [1.82, 2.24) is 10.9 Å². The average Bonchev–Trinajstić information content (AvgIpc) is 2.58. The molecule has 0 aliphatic rings. The molecule has 0 spiro atoms. The molecule has 2 aromatic rings. The Morgan fingerprint density at radius 3 is 2.28 bits per heavy atom. The summed E-state index contributed by atoms with van der Waals surface area (Å²) in [7, 11) is 0. The van der Waals surface area contributed by atoms with E-state index in [1.807, 2.05) is 0 Å². The number of benzene rings is 2. The van der Waals surface area contributed by atoms with Crippen molar-refractivity contribution >= 4 is 52.6 Å². The molecule has 0 aromatic heterocycles. The van der Waals surface area contributed by atoms with Gasteiger partial charge in [0.05, 0.1) is 21.2 Å². The van der Waals surface area contributed by atoms with Gasteiger partial charge in [-0.15, -0.1) is 0 Å². The Kier molecular flexibility index (Phi) is 6.64. The Hall–Kier alpha value is -2.28. The third kappa shape index (κ3) is 5.35. The highest BCUT2D eigenvalue weighted by Gasteiger charge is 2.15. The molecule has 0 aliphatic carbocycles. The minimum absolute atomic E-state index is 0.0685. The van der Waals surface area contributed by atoms with Gasteiger partial charge in [0.1, 0.15) is 0 Å². The van der Waals surface area contributed by atoms with Crippen LogP contribution in [0.15, 0.2) is 42.5 Å². The van der Waals surface area contributed by atoms with Crippen LogP contribution in [0.1, 0.15) is 20.7 Å². The van der Waals surface area contributed by atoms with Gasteiger partial charge < -0.3 is 4.74 Å². The lowest BCUT2D eigenvalue weighted by Gasteiger charge is -2.09. The summed E-state index contributed by atoms with van der Waals surface area (Å²) in [5, 5.41) is 0.699. The quantitative estimate of drug-likeness (QED) is 0.608. The molecule has 0 bridgehead atoms. The zero-order valence-corrected chi connectivity index (χ0v) is 14.8. The number of hydrogen-bond acceptors (Lipinski definition) is 4. The van der Waals surface area contributed by atoms with E-state index in [-0.39, 0.29) is 21.2 Å². The topological polar surface area (TPSA) is 84.5 Å². The van der Waals surface area contributed by atoms with Crippen LogP contribution in [0.4, 0.5) is 0 Å². The maximum Gasteiger partial charge on any atom is 0.340 e. The molecule has 2 rings (SSSR count). The predicted molar refractivity (Wildman–Crippen MR) is 93.8 cm³/mol. The monoisotopic (exact) mass is 400 g/mol. The van der Waals surface area contributed by atoms with Crippen molar-refractivity contribution in [3.05, 3.63) is 68.7 Å². The van der Waals surface area contributed by atoms with E-state index in [0.29, 0.717) is 5.02 Å². The lowest BCUT2D eigenvalue weighted by atomic mass is 10.2. The lowest BCUT2D eigenvalue weighted by molar-refractivity contribution is -0.125. The second-order valence-electron chi connectivity index (χ2n) is 4.68. The van der Waals surface area contributed by atoms with E-state index in [2.05, 4.69) is 10.9 Å². The second kappa shape index (κ2) is 8.71. The Morgan fingerprint density at radius 2 is 1.60 bits per heavy atom. The molecule has 0 saturated carbocycles. The van der Waals surface area contributed by atoms with E-state index in [0.717, 1.165) is 0 Å². The van der Waals surface area contributed by atoms with Gasteiger partial charge in [-0.25, -0.2) is 4.79 Å². The highest BCUT2D eigenvalue weighted by atomic mass is 35.5. The van der Waals surface area contributed by atoms with Gasteiger partial charge in [0.2, 0.25) is 0 Å². The highest BCUT2D eigenvalue weighted by molar-refractivity contribution is 6.36. The van der Waals surface area contributed by atoms with E-state index in [9.17, 15) is 14.4 Å². The summed E-state index contributed by atoms with van der Waals surface area (Å²) in [6, 6.07) is 10.5. The van der Waals surface area contributed by atoms with Gasteiger partial charge in [-0.05, 0) is 30.3 Å². The Balaban J connectivity index is 1.83. The third-order valence-corrected chi connectivity index (χ3v) is 3.80. The first-order chi connectivity index (χ1) is 11.9. The molecular formula is C16H11Cl3N2O4. The summed E-state index contributed by atoms with van der Waals surface area (Å²) < 4.78 is 4.82. The molecule has 0 aliphatic heterocycles. The Morgan fingerprint density at radius 1 is 0.880 bits per heavy atom. The fraction of sp³-hybridized carbons (Fsp3) is 0.0625. The van der Waals surface area contributed by atoms with Gasteiger partial charge in [-0.1, -0.05) is 46.9 Å². The third-order valence-electron chi connectivity index (χ3n) is 2.92. The van der Waals surface area contributed by atoms with Crippen LogP contribution in [0.5, 0.6) is 0 Å². The molecule has 130 valence electrons. The minimum Gasteiger partial charge on any atom is -0.452 e. The van der Waals surface area contributed by atoms with Gasteiger partial charge in [-0.3, -0.25) is 20.4 Å². The zero-order chi connectivity index (χ0) is 18.4. The van der Waals surface area contributed by atoms with Crippen LogP contribution >= 0.6 is 34.8 Å². The predicted octanol–water partition coefficient (Wildman–Crippen LogP) is 3.26. The number of nitrogens with one attached hydrogen (secondary N) is 2. The average molecular weight is 402 g/mol. The smallest absolute Gasteiger partial charge is 0.340 e. The molecule has 0 unspecified atom stereocenters. The molecule has 2 aromatic carbocycles. The van der Waals surface area contributed by atoms with E-state index < -0.39 is 24.4 Å². The molecule has 0 radical (unpaired) electrons. The summed E-state index contributed by atoms with van der Waals surface area (Å²) in [6.07, 6.45) is 0. The van der Waals surface area contributed by atoms with Gasteiger partial charge in [0.15, 0.2) is 6.61 Å². The number of carbonyl (C=O) groups is 3. The van der Waals surface area contributed by atoms with E-state index in [1.165, 1.54) is 30.3 Å². The molecule has 2 N–H and O–H groups in total. The Bertz CT molecular complexity index is 827. The number of amides is 2. The van der Waals surface area contributed by atoms with Crippen molar-refractivity contribution in [2.75, 3.05) is 6.61 Å². The van der Waals surface area contributed by atoms with Crippen LogP contribution in [0.3, 0.4) is 0 Å². The molecule has 0 saturated heterocycles. The molecule has 2 amide bonds. The number of hydrazine groups is 1. The first kappa shape index (κ1) is 19.1. The molecular weight excluding hydrogens is 391 g/mol. The standard InChI is InChI=1S/C16H11Cl3N2O4/c17-9-5-6-11(13(19)7-9)16(24)25-8-14(22)20-21-15(23)10-3-1-2-4-12(10)18/h1-7H,8H2,(H,20,22)(H,21,23). The van der Waals surface area contributed by atoms with Crippen molar-refractivity contribution in [1.29, 1.82) is 0 Å². The van der Waals surface area contributed by atoms with Crippen LogP contribution < -0.4 is 10.9 Å². The fourth-order valence-electron chi connectivity index (χ4n) is 1.74. The molecule has 0 atom stereocenters. The van der Waals surface area contributed by atoms with Crippen molar-refractivity contribution < 1.29 is 19.1 Å². The first-order valence-electron chi connectivity index (χ1n) is 6.84. The summed E-state index contributed by atoms with van der Waals surface area (Å²) >= 11 is 17.5. The molecule has 0 fully saturated rings. The number of carbonyl (C=O) groups excluding carboxylic acids is 3. The normalized spacial score (nSPS) is 10.0. The number of rotatable bonds is 4. The van der Waals surface area contributed by atoms with E-state index >= 15 is 0 Å². The van der Waals surface area contributed by atoms with Gasteiger partial charge in [0, 0.05) is 5.02 Å².